The molecule has 0 fully saturated rings. The first-order valence-electron chi connectivity index (χ1n) is 6.20. The van der Waals surface area contributed by atoms with Crippen LogP contribution in [0.5, 0.6) is 0 Å². The van der Waals surface area contributed by atoms with Gasteiger partial charge in [-0.2, -0.15) is 0 Å². The van der Waals surface area contributed by atoms with E-state index in [4.69, 9.17) is 10.5 Å². The van der Waals surface area contributed by atoms with Crippen molar-refractivity contribution in [3.8, 4) is 0 Å². The number of amides is 1. The molecule has 0 heterocycles. The van der Waals surface area contributed by atoms with Crippen molar-refractivity contribution in [3.63, 3.8) is 0 Å². The van der Waals surface area contributed by atoms with Crippen LogP contribution in [0.25, 0.3) is 0 Å². The van der Waals surface area contributed by atoms with Crippen molar-refractivity contribution in [1.29, 1.82) is 0 Å². The van der Waals surface area contributed by atoms with Gasteiger partial charge < -0.3 is 15.8 Å². The molecule has 0 spiro atoms. The Morgan fingerprint density at radius 2 is 1.88 bits per heavy atom. The Morgan fingerprint density at radius 3 is 2.41 bits per heavy atom. The highest BCUT2D eigenvalue weighted by molar-refractivity contribution is 5.85. The minimum absolute atomic E-state index is 0. The summed E-state index contributed by atoms with van der Waals surface area (Å²) in [4.78, 5) is 11.5. The van der Waals surface area contributed by atoms with E-state index in [1.165, 1.54) is 0 Å². The van der Waals surface area contributed by atoms with Gasteiger partial charge in [0.15, 0.2) is 0 Å². The van der Waals surface area contributed by atoms with E-state index in [-0.39, 0.29) is 30.3 Å². The van der Waals surface area contributed by atoms with E-state index >= 15 is 0 Å². The Kier molecular flexibility index (Phi) is 13.6. The maximum absolute atomic E-state index is 11.5. The average molecular weight is 267 g/mol. The van der Waals surface area contributed by atoms with Gasteiger partial charge in [-0.25, -0.2) is 0 Å². The first-order chi connectivity index (χ1) is 7.59. The summed E-state index contributed by atoms with van der Waals surface area (Å²) < 4.78 is 5.39. The van der Waals surface area contributed by atoms with E-state index in [0.717, 1.165) is 25.9 Å². The number of carbonyl (C=O) groups is 1. The van der Waals surface area contributed by atoms with Crippen molar-refractivity contribution in [3.05, 3.63) is 0 Å². The van der Waals surface area contributed by atoms with E-state index in [0.29, 0.717) is 13.2 Å². The highest BCUT2D eigenvalue weighted by atomic mass is 35.5. The minimum atomic E-state index is -0.124. The largest absolute Gasteiger partial charge is 0.381 e. The Balaban J connectivity index is 0. The maximum Gasteiger partial charge on any atom is 0.224 e. The molecule has 0 radical (unpaired) electrons. The zero-order chi connectivity index (χ0) is 12.4. The molecule has 17 heavy (non-hydrogen) atoms. The van der Waals surface area contributed by atoms with Gasteiger partial charge in [0.05, 0.1) is 0 Å². The van der Waals surface area contributed by atoms with Gasteiger partial charge in [0, 0.05) is 31.7 Å². The zero-order valence-electron chi connectivity index (χ0n) is 11.2. The quantitative estimate of drug-likeness (QED) is 0.625. The highest BCUT2D eigenvalue weighted by Crippen LogP contribution is 1.99. The van der Waals surface area contributed by atoms with E-state index in [1.54, 1.807) is 0 Å². The number of carbonyl (C=O) groups excluding carboxylic acids is 1. The molecule has 0 aliphatic heterocycles. The Morgan fingerprint density at radius 1 is 1.29 bits per heavy atom. The van der Waals surface area contributed by atoms with Crippen LogP contribution in [0, 0.1) is 5.92 Å². The van der Waals surface area contributed by atoms with Gasteiger partial charge in [-0.15, -0.1) is 12.4 Å². The van der Waals surface area contributed by atoms with Crippen LogP contribution in [0.15, 0.2) is 0 Å². The molecule has 4 nitrogen and oxygen atoms in total. The summed E-state index contributed by atoms with van der Waals surface area (Å²) in [7, 11) is 0. The number of rotatable bonds is 9. The van der Waals surface area contributed by atoms with Gasteiger partial charge >= 0.3 is 0 Å². The zero-order valence-corrected chi connectivity index (χ0v) is 12.0. The van der Waals surface area contributed by atoms with Crippen LogP contribution < -0.4 is 11.1 Å². The molecule has 0 aromatic carbocycles. The highest BCUT2D eigenvalue weighted by Gasteiger charge is 2.15. The molecular weight excluding hydrogens is 240 g/mol. The van der Waals surface area contributed by atoms with E-state index < -0.39 is 0 Å². The van der Waals surface area contributed by atoms with Gasteiger partial charge in [0.2, 0.25) is 5.91 Å². The number of nitrogens with two attached hydrogens (primary N) is 1. The van der Waals surface area contributed by atoms with Crippen LogP contribution in [0.1, 0.15) is 40.0 Å². The van der Waals surface area contributed by atoms with Gasteiger partial charge in [-0.3, -0.25) is 4.79 Å². The molecular formula is C12H27ClN2O2. The standard InChI is InChI=1S/C12H26N2O2.ClH/c1-4-5-8-16-9-6-7-14-12(15)10(2)11(3)13;/h10-11H,4-9,13H2,1-3H3,(H,14,15);1H. The summed E-state index contributed by atoms with van der Waals surface area (Å²) >= 11 is 0. The predicted molar refractivity (Wildman–Crippen MR) is 73.4 cm³/mol. The van der Waals surface area contributed by atoms with Crippen LogP contribution in [-0.4, -0.2) is 31.7 Å². The third-order valence-electron chi connectivity index (χ3n) is 2.61. The molecule has 2 atom stereocenters. The second-order valence-corrected chi connectivity index (χ2v) is 4.26. The SMILES string of the molecule is CCCCOCCCNC(=O)C(C)C(C)N.Cl. The normalized spacial score (nSPS) is 13.6. The summed E-state index contributed by atoms with van der Waals surface area (Å²) in [6.45, 7) is 8.03. The summed E-state index contributed by atoms with van der Waals surface area (Å²) in [5.41, 5.74) is 5.64. The second-order valence-electron chi connectivity index (χ2n) is 4.26. The summed E-state index contributed by atoms with van der Waals surface area (Å²) in [5, 5.41) is 2.86. The molecule has 0 aliphatic carbocycles. The Labute approximate surface area is 111 Å². The van der Waals surface area contributed by atoms with Crippen LogP contribution in [0.3, 0.4) is 0 Å². The number of unbranched alkanes of at least 4 members (excludes halogenated alkanes) is 1. The smallest absolute Gasteiger partial charge is 0.224 e. The lowest BCUT2D eigenvalue weighted by Gasteiger charge is -2.15. The molecule has 2 unspecified atom stereocenters. The van der Waals surface area contributed by atoms with Crippen molar-refractivity contribution in [1.82, 2.24) is 5.32 Å². The van der Waals surface area contributed by atoms with Crippen molar-refractivity contribution < 1.29 is 9.53 Å². The van der Waals surface area contributed by atoms with Crippen LogP contribution in [0.4, 0.5) is 0 Å². The number of halogens is 1. The first kappa shape index (κ1) is 19.0. The van der Waals surface area contributed by atoms with Crippen molar-refractivity contribution in [2.24, 2.45) is 11.7 Å². The molecule has 0 rings (SSSR count). The Bertz CT molecular complexity index is 189. The maximum atomic E-state index is 11.5. The van der Waals surface area contributed by atoms with Gasteiger partial charge in [-0.05, 0) is 19.8 Å². The van der Waals surface area contributed by atoms with Gasteiger partial charge in [0.25, 0.3) is 0 Å². The fourth-order valence-electron chi connectivity index (χ4n) is 1.13. The monoisotopic (exact) mass is 266 g/mol. The van der Waals surface area contributed by atoms with Crippen LogP contribution in [0.2, 0.25) is 0 Å². The molecule has 0 aliphatic rings. The first-order valence-corrected chi connectivity index (χ1v) is 6.20. The van der Waals surface area contributed by atoms with Crippen LogP contribution >= 0.6 is 12.4 Å². The van der Waals surface area contributed by atoms with Crippen molar-refractivity contribution in [2.45, 2.75) is 46.1 Å². The van der Waals surface area contributed by atoms with E-state index in [1.807, 2.05) is 13.8 Å². The Hall–Kier alpha value is -0.320. The lowest BCUT2D eigenvalue weighted by atomic mass is 10.0. The fraction of sp³-hybridized carbons (Fsp3) is 0.917. The average Bonchev–Trinajstić information content (AvgIpc) is 2.26. The molecule has 0 bridgehead atoms. The summed E-state index contributed by atoms with van der Waals surface area (Å²) in [6.07, 6.45) is 3.12. The van der Waals surface area contributed by atoms with Crippen molar-refractivity contribution >= 4 is 18.3 Å². The minimum Gasteiger partial charge on any atom is -0.381 e. The van der Waals surface area contributed by atoms with E-state index in [9.17, 15) is 4.79 Å². The van der Waals surface area contributed by atoms with Gasteiger partial charge in [-0.1, -0.05) is 20.3 Å². The molecule has 0 saturated heterocycles. The second kappa shape index (κ2) is 12.1. The van der Waals surface area contributed by atoms with E-state index in [2.05, 4.69) is 12.2 Å². The number of hydrogen-bond acceptors (Lipinski definition) is 3. The molecule has 104 valence electrons. The summed E-state index contributed by atoms with van der Waals surface area (Å²) in [5.74, 6) is -0.0930. The number of hydrogen-bond donors (Lipinski definition) is 2. The third kappa shape index (κ3) is 10.5. The summed E-state index contributed by atoms with van der Waals surface area (Å²) in [6, 6.07) is -0.0965. The molecule has 0 saturated carbocycles. The third-order valence-corrected chi connectivity index (χ3v) is 2.61. The van der Waals surface area contributed by atoms with Crippen molar-refractivity contribution in [2.75, 3.05) is 19.8 Å². The predicted octanol–water partition coefficient (Wildman–Crippen LogP) is 1.71. The van der Waals surface area contributed by atoms with Crippen LogP contribution in [-0.2, 0) is 9.53 Å². The van der Waals surface area contributed by atoms with Gasteiger partial charge in [0.1, 0.15) is 0 Å². The number of ether oxygens (including phenoxy) is 1. The molecule has 1 amide bonds. The lowest BCUT2D eigenvalue weighted by Crippen LogP contribution is -2.39. The molecule has 0 aromatic rings. The lowest BCUT2D eigenvalue weighted by molar-refractivity contribution is -0.124. The topological polar surface area (TPSA) is 64.3 Å². The molecule has 0 aromatic heterocycles. The number of nitrogens with one attached hydrogen (secondary N) is 1. The molecule has 3 N–H and O–H groups in total. The fourth-order valence-corrected chi connectivity index (χ4v) is 1.13. The molecule has 5 heteroatoms.